The first-order valence-electron chi connectivity index (χ1n) is 6.64. The first-order chi connectivity index (χ1) is 7.61. The van der Waals surface area contributed by atoms with E-state index in [2.05, 4.69) is 12.2 Å². The van der Waals surface area contributed by atoms with E-state index in [1.165, 1.54) is 19.3 Å². The van der Waals surface area contributed by atoms with Crippen molar-refractivity contribution in [3.05, 3.63) is 0 Å². The van der Waals surface area contributed by atoms with Crippen LogP contribution in [0, 0.1) is 5.92 Å². The number of rotatable bonds is 9. The van der Waals surface area contributed by atoms with E-state index in [0.29, 0.717) is 19.2 Å². The van der Waals surface area contributed by atoms with Gasteiger partial charge in [-0.1, -0.05) is 19.8 Å². The highest BCUT2D eigenvalue weighted by Crippen LogP contribution is 2.33. The van der Waals surface area contributed by atoms with Crippen LogP contribution < -0.4 is 5.32 Å². The third kappa shape index (κ3) is 6.46. The van der Waals surface area contributed by atoms with E-state index in [9.17, 15) is 5.11 Å². The Morgan fingerprint density at radius 1 is 1.38 bits per heavy atom. The number of hydrogen-bond donors (Lipinski definition) is 2. The molecule has 0 amide bonds. The van der Waals surface area contributed by atoms with Crippen LogP contribution in [-0.4, -0.2) is 36.5 Å². The maximum atomic E-state index is 9.70. The molecule has 3 nitrogen and oxygen atoms in total. The fraction of sp³-hybridized carbons (Fsp3) is 1.00. The van der Waals surface area contributed by atoms with E-state index < -0.39 is 0 Å². The van der Waals surface area contributed by atoms with Crippen LogP contribution in [0.1, 0.15) is 46.5 Å². The smallest absolute Gasteiger partial charge is 0.0897 e. The summed E-state index contributed by atoms with van der Waals surface area (Å²) in [4.78, 5) is 0. The number of ether oxygens (including phenoxy) is 1. The Kier molecular flexibility index (Phi) is 6.32. The summed E-state index contributed by atoms with van der Waals surface area (Å²) < 4.78 is 5.37. The quantitative estimate of drug-likeness (QED) is 0.635. The average Bonchev–Trinajstić information content (AvgIpc) is 3.04. The minimum atomic E-state index is -0.379. The molecule has 1 fully saturated rings. The molecule has 1 aliphatic rings. The highest BCUT2D eigenvalue weighted by molar-refractivity contribution is 4.80. The topological polar surface area (TPSA) is 41.5 Å². The summed E-state index contributed by atoms with van der Waals surface area (Å²) in [5, 5.41) is 13.1. The molecule has 0 saturated heterocycles. The lowest BCUT2D eigenvalue weighted by Gasteiger charge is -2.20. The number of hydrogen-bond acceptors (Lipinski definition) is 3. The van der Waals surface area contributed by atoms with Crippen molar-refractivity contribution in [1.82, 2.24) is 5.32 Å². The molecule has 0 aromatic carbocycles. The van der Waals surface area contributed by atoms with Crippen molar-refractivity contribution in [2.24, 2.45) is 5.92 Å². The van der Waals surface area contributed by atoms with Gasteiger partial charge in [0, 0.05) is 12.6 Å². The number of nitrogens with one attached hydrogen (secondary N) is 1. The van der Waals surface area contributed by atoms with E-state index in [4.69, 9.17) is 4.74 Å². The molecular weight excluding hydrogens is 202 g/mol. The van der Waals surface area contributed by atoms with Gasteiger partial charge in [0.25, 0.3) is 0 Å². The summed E-state index contributed by atoms with van der Waals surface area (Å²) in [6, 6.07) is 0.571. The van der Waals surface area contributed by atoms with Crippen molar-refractivity contribution in [2.75, 3.05) is 13.2 Å². The van der Waals surface area contributed by atoms with Crippen LogP contribution in [0.3, 0.4) is 0 Å². The van der Waals surface area contributed by atoms with Crippen molar-refractivity contribution in [1.29, 1.82) is 0 Å². The maximum absolute atomic E-state index is 9.70. The Hall–Kier alpha value is -0.120. The predicted octanol–water partition coefficient (Wildman–Crippen LogP) is 1.94. The maximum Gasteiger partial charge on any atom is 0.0897 e. The normalized spacial score (nSPS) is 20.1. The Morgan fingerprint density at radius 2 is 2.06 bits per heavy atom. The molecule has 2 N–H and O–H groups in total. The Balaban J connectivity index is 2.05. The summed E-state index contributed by atoms with van der Waals surface area (Å²) >= 11 is 0. The van der Waals surface area contributed by atoms with Gasteiger partial charge in [-0.2, -0.15) is 0 Å². The summed E-state index contributed by atoms with van der Waals surface area (Å²) in [6.07, 6.45) is 5.04. The number of aliphatic hydroxyl groups is 1. The highest BCUT2D eigenvalue weighted by atomic mass is 16.5. The van der Waals surface area contributed by atoms with Gasteiger partial charge in [0.1, 0.15) is 0 Å². The van der Waals surface area contributed by atoms with Crippen molar-refractivity contribution >= 4 is 0 Å². The lowest BCUT2D eigenvalue weighted by molar-refractivity contribution is 0.00526. The van der Waals surface area contributed by atoms with Gasteiger partial charge in [0.2, 0.25) is 0 Å². The van der Waals surface area contributed by atoms with E-state index in [-0.39, 0.29) is 12.2 Å². The minimum absolute atomic E-state index is 0.197. The summed E-state index contributed by atoms with van der Waals surface area (Å²) in [6.45, 7) is 7.27. The van der Waals surface area contributed by atoms with Gasteiger partial charge in [-0.15, -0.1) is 0 Å². The van der Waals surface area contributed by atoms with Crippen LogP contribution in [0.25, 0.3) is 0 Å². The SMILES string of the molecule is CCC(CC1CC1)NCC(O)COC(C)C. The lowest BCUT2D eigenvalue weighted by atomic mass is 10.1. The molecule has 1 aliphatic carbocycles. The van der Waals surface area contributed by atoms with E-state index in [0.717, 1.165) is 12.3 Å². The summed E-state index contributed by atoms with van der Waals surface area (Å²) in [5.41, 5.74) is 0. The highest BCUT2D eigenvalue weighted by Gasteiger charge is 2.24. The van der Waals surface area contributed by atoms with Crippen molar-refractivity contribution in [2.45, 2.75) is 64.7 Å². The molecule has 0 heterocycles. The standard InChI is InChI=1S/C13H27NO2/c1-4-12(7-11-5-6-11)14-8-13(15)9-16-10(2)3/h10-15H,4-9H2,1-3H3. The average molecular weight is 229 g/mol. The van der Waals surface area contributed by atoms with Crippen LogP contribution in [0.2, 0.25) is 0 Å². The predicted molar refractivity (Wildman–Crippen MR) is 66.5 cm³/mol. The van der Waals surface area contributed by atoms with Gasteiger partial charge < -0.3 is 15.2 Å². The molecule has 1 rings (SSSR count). The van der Waals surface area contributed by atoms with Crippen LogP contribution in [0.5, 0.6) is 0 Å². The van der Waals surface area contributed by atoms with Gasteiger partial charge in [-0.05, 0) is 32.6 Å². The van der Waals surface area contributed by atoms with Crippen LogP contribution in [0.4, 0.5) is 0 Å². The molecule has 0 bridgehead atoms. The Bertz CT molecular complexity index is 181. The fourth-order valence-electron chi connectivity index (χ4n) is 1.82. The molecular formula is C13H27NO2. The van der Waals surface area contributed by atoms with Crippen molar-refractivity contribution < 1.29 is 9.84 Å². The Morgan fingerprint density at radius 3 is 2.56 bits per heavy atom. The molecule has 3 heteroatoms. The van der Waals surface area contributed by atoms with Crippen LogP contribution >= 0.6 is 0 Å². The first kappa shape index (κ1) is 13.9. The molecule has 2 atom stereocenters. The van der Waals surface area contributed by atoms with Crippen LogP contribution in [0.15, 0.2) is 0 Å². The van der Waals surface area contributed by atoms with Crippen LogP contribution in [-0.2, 0) is 4.74 Å². The van der Waals surface area contributed by atoms with Gasteiger partial charge in [-0.3, -0.25) is 0 Å². The van der Waals surface area contributed by atoms with Crippen molar-refractivity contribution in [3.8, 4) is 0 Å². The third-order valence-electron chi connectivity index (χ3n) is 3.07. The minimum Gasteiger partial charge on any atom is -0.389 e. The van der Waals surface area contributed by atoms with E-state index in [1.54, 1.807) is 0 Å². The second kappa shape index (κ2) is 7.25. The monoisotopic (exact) mass is 229 g/mol. The largest absolute Gasteiger partial charge is 0.389 e. The van der Waals surface area contributed by atoms with Crippen molar-refractivity contribution in [3.63, 3.8) is 0 Å². The molecule has 0 aromatic rings. The second-order valence-corrected chi connectivity index (χ2v) is 5.23. The lowest BCUT2D eigenvalue weighted by Crippen LogP contribution is -2.37. The van der Waals surface area contributed by atoms with Gasteiger partial charge in [-0.25, -0.2) is 0 Å². The summed E-state index contributed by atoms with van der Waals surface area (Å²) in [5.74, 6) is 0.946. The molecule has 0 spiro atoms. The fourth-order valence-corrected chi connectivity index (χ4v) is 1.82. The number of aliphatic hydroxyl groups excluding tert-OH is 1. The molecule has 0 radical (unpaired) electrons. The molecule has 1 saturated carbocycles. The molecule has 2 unspecified atom stereocenters. The molecule has 0 aliphatic heterocycles. The first-order valence-corrected chi connectivity index (χ1v) is 6.64. The zero-order chi connectivity index (χ0) is 12.0. The third-order valence-corrected chi connectivity index (χ3v) is 3.07. The van der Waals surface area contributed by atoms with Gasteiger partial charge >= 0.3 is 0 Å². The molecule has 16 heavy (non-hydrogen) atoms. The van der Waals surface area contributed by atoms with E-state index in [1.807, 2.05) is 13.8 Å². The zero-order valence-electron chi connectivity index (χ0n) is 10.9. The Labute approximate surface area is 99.6 Å². The molecule has 0 aromatic heterocycles. The van der Waals surface area contributed by atoms with Gasteiger partial charge in [0.05, 0.1) is 18.8 Å². The zero-order valence-corrected chi connectivity index (χ0v) is 10.9. The van der Waals surface area contributed by atoms with Gasteiger partial charge in [0.15, 0.2) is 0 Å². The second-order valence-electron chi connectivity index (χ2n) is 5.23. The van der Waals surface area contributed by atoms with E-state index >= 15 is 0 Å². The molecule has 96 valence electrons. The summed E-state index contributed by atoms with van der Waals surface area (Å²) in [7, 11) is 0.